The molecule has 120 valence electrons. The molecule has 1 unspecified atom stereocenters. The number of ether oxygens (including phenoxy) is 1. The molecule has 1 saturated heterocycles. The van der Waals surface area contributed by atoms with E-state index in [1.165, 1.54) is 6.42 Å². The van der Waals surface area contributed by atoms with Crippen molar-refractivity contribution >= 4 is 5.95 Å². The molecule has 1 atom stereocenters. The highest BCUT2D eigenvalue weighted by atomic mass is 16.5. The molecule has 2 aromatic heterocycles. The number of aryl methyl sites for hydroxylation is 1. The molecular weight excluding hydrogens is 282 g/mol. The topological polar surface area (TPSA) is 69.2 Å². The van der Waals surface area contributed by atoms with Crippen molar-refractivity contribution in [3.63, 3.8) is 0 Å². The fraction of sp³-hybridized carbons (Fsp3) is 0.667. The molecule has 0 N–H and O–H groups in total. The molecule has 3 rings (SSSR count). The first-order chi connectivity index (χ1) is 10.6. The predicted octanol–water partition coefficient (Wildman–Crippen LogP) is 2.17. The SMILES string of the molecule is Cc1occc1CN(C)c1nnnn1CC1(C)CCCCO1. The van der Waals surface area contributed by atoms with Gasteiger partial charge >= 0.3 is 0 Å². The lowest BCUT2D eigenvalue weighted by molar-refractivity contribution is -0.0772. The van der Waals surface area contributed by atoms with Crippen LogP contribution in [0.25, 0.3) is 0 Å². The molecule has 0 radical (unpaired) electrons. The van der Waals surface area contributed by atoms with Crippen LogP contribution in [0.4, 0.5) is 5.95 Å². The maximum atomic E-state index is 5.95. The van der Waals surface area contributed by atoms with E-state index in [2.05, 4.69) is 22.4 Å². The van der Waals surface area contributed by atoms with E-state index >= 15 is 0 Å². The molecule has 0 saturated carbocycles. The minimum atomic E-state index is -0.186. The summed E-state index contributed by atoms with van der Waals surface area (Å²) in [5.74, 6) is 1.67. The summed E-state index contributed by atoms with van der Waals surface area (Å²) in [6.45, 7) is 6.29. The zero-order valence-corrected chi connectivity index (χ0v) is 13.4. The van der Waals surface area contributed by atoms with Crippen LogP contribution in [0.2, 0.25) is 0 Å². The average Bonchev–Trinajstić information content (AvgIpc) is 3.09. The van der Waals surface area contributed by atoms with Crippen LogP contribution in [0.5, 0.6) is 0 Å². The van der Waals surface area contributed by atoms with Crippen molar-refractivity contribution in [3.8, 4) is 0 Å². The molecule has 1 aliphatic heterocycles. The number of hydrogen-bond donors (Lipinski definition) is 0. The zero-order valence-electron chi connectivity index (χ0n) is 13.4. The summed E-state index contributed by atoms with van der Waals surface area (Å²) in [5.41, 5.74) is 0.951. The third kappa shape index (κ3) is 3.14. The molecule has 1 fully saturated rings. The minimum absolute atomic E-state index is 0.186. The Kier molecular flexibility index (Phi) is 4.15. The van der Waals surface area contributed by atoms with Gasteiger partial charge in [-0.25, -0.2) is 4.68 Å². The van der Waals surface area contributed by atoms with Gasteiger partial charge in [-0.15, -0.1) is 0 Å². The van der Waals surface area contributed by atoms with Gasteiger partial charge in [-0.3, -0.25) is 0 Å². The third-order valence-electron chi connectivity index (χ3n) is 4.26. The summed E-state index contributed by atoms with van der Waals surface area (Å²) in [7, 11) is 1.98. The zero-order chi connectivity index (χ0) is 15.6. The molecule has 0 bridgehead atoms. The monoisotopic (exact) mass is 305 g/mol. The Bertz CT molecular complexity index is 615. The second-order valence-electron chi connectivity index (χ2n) is 6.25. The van der Waals surface area contributed by atoms with Crippen LogP contribution in [0.3, 0.4) is 0 Å². The molecule has 0 aromatic carbocycles. The maximum Gasteiger partial charge on any atom is 0.245 e. The normalized spacial score (nSPS) is 22.0. The summed E-state index contributed by atoms with van der Waals surface area (Å²) in [4.78, 5) is 2.03. The Labute approximate surface area is 130 Å². The van der Waals surface area contributed by atoms with Gasteiger partial charge in [-0.05, 0) is 49.6 Å². The van der Waals surface area contributed by atoms with Crippen molar-refractivity contribution < 1.29 is 9.15 Å². The largest absolute Gasteiger partial charge is 0.469 e. The van der Waals surface area contributed by atoms with Crippen molar-refractivity contribution in [2.24, 2.45) is 0 Å². The van der Waals surface area contributed by atoms with Gasteiger partial charge < -0.3 is 14.1 Å². The van der Waals surface area contributed by atoms with Gasteiger partial charge in [-0.2, -0.15) is 0 Å². The Morgan fingerprint density at radius 3 is 2.95 bits per heavy atom. The van der Waals surface area contributed by atoms with Crippen molar-refractivity contribution in [2.75, 3.05) is 18.6 Å². The van der Waals surface area contributed by atoms with Crippen molar-refractivity contribution in [1.82, 2.24) is 20.2 Å². The fourth-order valence-electron chi connectivity index (χ4n) is 2.91. The van der Waals surface area contributed by atoms with Crippen molar-refractivity contribution in [2.45, 2.75) is 51.8 Å². The van der Waals surface area contributed by atoms with E-state index in [-0.39, 0.29) is 5.60 Å². The van der Waals surface area contributed by atoms with Gasteiger partial charge in [0.25, 0.3) is 0 Å². The molecule has 2 aromatic rings. The highest BCUT2D eigenvalue weighted by Crippen LogP contribution is 2.27. The van der Waals surface area contributed by atoms with Gasteiger partial charge in [-0.1, -0.05) is 5.10 Å². The first-order valence-corrected chi connectivity index (χ1v) is 7.72. The first kappa shape index (κ1) is 15.0. The Balaban J connectivity index is 1.72. The van der Waals surface area contributed by atoms with Crippen molar-refractivity contribution in [1.29, 1.82) is 0 Å². The smallest absolute Gasteiger partial charge is 0.245 e. The van der Waals surface area contributed by atoms with Gasteiger partial charge in [0.1, 0.15) is 5.76 Å². The highest BCUT2D eigenvalue weighted by Gasteiger charge is 2.30. The molecule has 0 amide bonds. The van der Waals surface area contributed by atoms with E-state index in [0.717, 1.165) is 36.7 Å². The maximum absolute atomic E-state index is 5.95. The summed E-state index contributed by atoms with van der Waals surface area (Å²) in [5, 5.41) is 12.1. The quantitative estimate of drug-likeness (QED) is 0.843. The Hall–Kier alpha value is -1.89. The average molecular weight is 305 g/mol. The summed E-state index contributed by atoms with van der Waals surface area (Å²) in [6.07, 6.45) is 5.07. The number of furan rings is 1. The second kappa shape index (κ2) is 6.08. The standard InChI is InChI=1S/C15H23N5O2/c1-12-13(6-9-21-12)10-19(3)14-16-17-18-20(14)11-15(2)7-4-5-8-22-15/h6,9H,4-5,7-8,10-11H2,1-3H3. The summed E-state index contributed by atoms with van der Waals surface area (Å²) in [6, 6.07) is 1.98. The molecule has 3 heterocycles. The van der Waals surface area contributed by atoms with Crippen molar-refractivity contribution in [3.05, 3.63) is 23.7 Å². The van der Waals surface area contributed by atoms with Crippen LogP contribution in [0.15, 0.2) is 16.7 Å². The van der Waals surface area contributed by atoms with Gasteiger partial charge in [0.15, 0.2) is 0 Å². The highest BCUT2D eigenvalue weighted by molar-refractivity contribution is 5.30. The predicted molar refractivity (Wildman–Crippen MR) is 81.6 cm³/mol. The van der Waals surface area contributed by atoms with Crippen LogP contribution >= 0.6 is 0 Å². The number of nitrogens with zero attached hydrogens (tertiary/aromatic N) is 5. The van der Waals surface area contributed by atoms with E-state index in [1.54, 1.807) is 6.26 Å². The fourth-order valence-corrected chi connectivity index (χ4v) is 2.91. The van der Waals surface area contributed by atoms with E-state index in [0.29, 0.717) is 13.1 Å². The lowest BCUT2D eigenvalue weighted by Crippen LogP contribution is -2.38. The first-order valence-electron chi connectivity index (χ1n) is 7.72. The molecule has 1 aliphatic rings. The third-order valence-corrected chi connectivity index (χ3v) is 4.26. The number of hydrogen-bond acceptors (Lipinski definition) is 6. The van der Waals surface area contributed by atoms with E-state index in [4.69, 9.17) is 9.15 Å². The number of tetrazole rings is 1. The van der Waals surface area contributed by atoms with Crippen LogP contribution in [0, 0.1) is 6.92 Å². The second-order valence-corrected chi connectivity index (χ2v) is 6.25. The van der Waals surface area contributed by atoms with Crippen LogP contribution in [-0.2, 0) is 17.8 Å². The molecule has 0 spiro atoms. The molecule has 7 nitrogen and oxygen atoms in total. The van der Waals surface area contributed by atoms with Crippen LogP contribution < -0.4 is 4.90 Å². The lowest BCUT2D eigenvalue weighted by Gasteiger charge is -2.34. The van der Waals surface area contributed by atoms with Gasteiger partial charge in [0, 0.05) is 25.8 Å². The Morgan fingerprint density at radius 2 is 2.27 bits per heavy atom. The van der Waals surface area contributed by atoms with E-state index < -0.39 is 0 Å². The lowest BCUT2D eigenvalue weighted by atomic mass is 9.96. The van der Waals surface area contributed by atoms with Gasteiger partial charge in [0.2, 0.25) is 5.95 Å². The minimum Gasteiger partial charge on any atom is -0.469 e. The van der Waals surface area contributed by atoms with E-state index in [9.17, 15) is 0 Å². The molecule has 22 heavy (non-hydrogen) atoms. The molecular formula is C15H23N5O2. The molecule has 0 aliphatic carbocycles. The van der Waals surface area contributed by atoms with Crippen LogP contribution in [0.1, 0.15) is 37.5 Å². The van der Waals surface area contributed by atoms with E-state index in [1.807, 2.05) is 29.6 Å². The van der Waals surface area contributed by atoms with Crippen LogP contribution in [-0.4, -0.2) is 39.5 Å². The number of aromatic nitrogens is 4. The molecule has 7 heteroatoms. The number of anilines is 1. The number of rotatable bonds is 5. The summed E-state index contributed by atoms with van der Waals surface area (Å²) >= 11 is 0. The summed E-state index contributed by atoms with van der Waals surface area (Å²) < 4.78 is 13.1. The van der Waals surface area contributed by atoms with Gasteiger partial charge in [0.05, 0.1) is 18.4 Å². The Morgan fingerprint density at radius 1 is 1.41 bits per heavy atom.